The average Bonchev–Trinajstić information content (AvgIpc) is 2.28. The van der Waals surface area contributed by atoms with Gasteiger partial charge in [-0.15, -0.1) is 0 Å². The molecule has 86 valence electrons. The van der Waals surface area contributed by atoms with Gasteiger partial charge in [-0.1, -0.05) is 0 Å². The lowest BCUT2D eigenvalue weighted by Crippen LogP contribution is -2.19. The molecule has 1 heterocycles. The van der Waals surface area contributed by atoms with Crippen LogP contribution in [0.2, 0.25) is 0 Å². The molecule has 4 nitrogen and oxygen atoms in total. The van der Waals surface area contributed by atoms with Crippen LogP contribution in [0.1, 0.15) is 23.8 Å². The molecular formula is C10H11FN2O2S. The topological polar surface area (TPSA) is 77.1 Å². The summed E-state index contributed by atoms with van der Waals surface area (Å²) in [5.74, 6) is -0.401. The molecule has 0 saturated heterocycles. The predicted octanol–water partition coefficient (Wildman–Crippen LogP) is 0.807. The Balaban J connectivity index is 2.89. The first-order valence-corrected chi connectivity index (χ1v) is 5.26. The van der Waals surface area contributed by atoms with E-state index in [-0.39, 0.29) is 17.7 Å². The summed E-state index contributed by atoms with van der Waals surface area (Å²) in [7, 11) is 0. The molecule has 6 heteroatoms. The van der Waals surface area contributed by atoms with Crippen LogP contribution in [0.5, 0.6) is 0 Å². The van der Waals surface area contributed by atoms with Gasteiger partial charge in [0, 0.05) is 11.8 Å². The van der Waals surface area contributed by atoms with Gasteiger partial charge in [-0.05, 0) is 18.2 Å². The van der Waals surface area contributed by atoms with Crippen molar-refractivity contribution in [2.24, 2.45) is 0 Å². The summed E-state index contributed by atoms with van der Waals surface area (Å²) in [6.07, 6.45) is -0.784. The van der Waals surface area contributed by atoms with E-state index in [1.165, 1.54) is 6.20 Å². The standard InChI is InChI=1S/C10H11FN2O2S/c11-7-3-6(5-13-8(7)4-12)10(15)9(14)1-2-16/h3,5,9-10,14-16H,1-2H2. The number of nitrogens with zero attached hydrogens (tertiary/aromatic N) is 2. The summed E-state index contributed by atoms with van der Waals surface area (Å²) in [5.41, 5.74) is -0.189. The van der Waals surface area contributed by atoms with E-state index >= 15 is 0 Å². The highest BCUT2D eigenvalue weighted by Crippen LogP contribution is 2.20. The van der Waals surface area contributed by atoms with E-state index in [1.54, 1.807) is 6.07 Å². The lowest BCUT2D eigenvalue weighted by Gasteiger charge is -2.16. The number of halogens is 1. The van der Waals surface area contributed by atoms with Gasteiger partial charge in [0.1, 0.15) is 12.2 Å². The van der Waals surface area contributed by atoms with Gasteiger partial charge in [0.15, 0.2) is 11.5 Å². The van der Waals surface area contributed by atoms with Crippen molar-refractivity contribution in [2.75, 3.05) is 5.75 Å². The van der Waals surface area contributed by atoms with E-state index in [1.807, 2.05) is 0 Å². The summed E-state index contributed by atoms with van der Waals surface area (Å²) >= 11 is 3.91. The molecule has 0 aliphatic carbocycles. The largest absolute Gasteiger partial charge is 0.390 e. The lowest BCUT2D eigenvalue weighted by molar-refractivity contribution is 0.0168. The molecule has 0 aromatic carbocycles. The van der Waals surface area contributed by atoms with E-state index in [4.69, 9.17) is 5.26 Å². The first kappa shape index (κ1) is 12.9. The maximum absolute atomic E-state index is 13.2. The van der Waals surface area contributed by atoms with E-state index in [0.717, 1.165) is 6.07 Å². The number of aromatic nitrogens is 1. The molecule has 0 fully saturated rings. The van der Waals surface area contributed by atoms with Gasteiger partial charge in [0.2, 0.25) is 0 Å². The molecule has 2 N–H and O–H groups in total. The number of pyridine rings is 1. The molecule has 0 aliphatic heterocycles. The number of rotatable bonds is 4. The lowest BCUT2D eigenvalue weighted by atomic mass is 10.0. The van der Waals surface area contributed by atoms with E-state index in [9.17, 15) is 14.6 Å². The van der Waals surface area contributed by atoms with E-state index in [2.05, 4.69) is 17.6 Å². The van der Waals surface area contributed by atoms with Crippen molar-refractivity contribution in [3.05, 3.63) is 29.3 Å². The van der Waals surface area contributed by atoms with Crippen LogP contribution in [0.3, 0.4) is 0 Å². The summed E-state index contributed by atoms with van der Waals surface area (Å²) in [6.45, 7) is 0. The Kier molecular flexibility index (Phi) is 4.68. The van der Waals surface area contributed by atoms with Gasteiger partial charge >= 0.3 is 0 Å². The quantitative estimate of drug-likeness (QED) is 0.683. The molecule has 0 aliphatic rings. The maximum Gasteiger partial charge on any atom is 0.176 e. The second-order valence-electron chi connectivity index (χ2n) is 3.24. The Morgan fingerprint density at radius 2 is 2.25 bits per heavy atom. The number of hydrogen-bond donors (Lipinski definition) is 3. The first-order valence-electron chi connectivity index (χ1n) is 4.62. The van der Waals surface area contributed by atoms with E-state index < -0.39 is 18.0 Å². The van der Waals surface area contributed by atoms with Gasteiger partial charge in [-0.3, -0.25) is 0 Å². The van der Waals surface area contributed by atoms with Crippen molar-refractivity contribution < 1.29 is 14.6 Å². The molecule has 0 amide bonds. The minimum absolute atomic E-state index is 0.144. The zero-order valence-corrected chi connectivity index (χ0v) is 9.23. The SMILES string of the molecule is N#Cc1ncc(C(O)C(O)CCS)cc1F. The van der Waals surface area contributed by atoms with Crippen LogP contribution in [0.25, 0.3) is 0 Å². The van der Waals surface area contributed by atoms with Crippen LogP contribution in [-0.2, 0) is 0 Å². The van der Waals surface area contributed by atoms with Crippen LogP contribution in [0.4, 0.5) is 4.39 Å². The van der Waals surface area contributed by atoms with Crippen molar-refractivity contribution in [2.45, 2.75) is 18.6 Å². The van der Waals surface area contributed by atoms with Crippen LogP contribution in [0.15, 0.2) is 12.3 Å². The van der Waals surface area contributed by atoms with Crippen LogP contribution in [-0.4, -0.2) is 27.1 Å². The maximum atomic E-state index is 13.2. The van der Waals surface area contributed by atoms with Crippen molar-refractivity contribution in [1.82, 2.24) is 4.98 Å². The molecule has 0 saturated carbocycles. The van der Waals surface area contributed by atoms with Crippen molar-refractivity contribution in [3.63, 3.8) is 0 Å². The molecule has 2 atom stereocenters. The first-order chi connectivity index (χ1) is 7.60. The Labute approximate surface area is 97.8 Å². The highest BCUT2D eigenvalue weighted by atomic mass is 32.1. The molecule has 0 radical (unpaired) electrons. The van der Waals surface area contributed by atoms with Gasteiger partial charge in [0.05, 0.1) is 6.10 Å². The Morgan fingerprint density at radius 1 is 1.56 bits per heavy atom. The Bertz CT molecular complexity index is 408. The fourth-order valence-corrected chi connectivity index (χ4v) is 1.47. The normalized spacial score (nSPS) is 14.2. The molecular weight excluding hydrogens is 231 g/mol. The Hall–Kier alpha value is -1.16. The average molecular weight is 242 g/mol. The number of aliphatic hydroxyl groups is 2. The van der Waals surface area contributed by atoms with Crippen molar-refractivity contribution >= 4 is 12.6 Å². The summed E-state index contributed by atoms with van der Waals surface area (Å²) in [4.78, 5) is 3.53. The van der Waals surface area contributed by atoms with Crippen LogP contribution in [0, 0.1) is 17.1 Å². The molecule has 0 bridgehead atoms. The predicted molar refractivity (Wildman–Crippen MR) is 58.3 cm³/mol. The van der Waals surface area contributed by atoms with Gasteiger partial charge in [-0.25, -0.2) is 9.37 Å². The molecule has 2 unspecified atom stereocenters. The number of thiol groups is 1. The molecule has 1 aromatic heterocycles. The van der Waals surface area contributed by atoms with Gasteiger partial charge in [0.25, 0.3) is 0 Å². The van der Waals surface area contributed by atoms with Crippen LogP contribution < -0.4 is 0 Å². The third-order valence-electron chi connectivity index (χ3n) is 2.10. The molecule has 1 aromatic rings. The minimum Gasteiger partial charge on any atom is -0.390 e. The van der Waals surface area contributed by atoms with Gasteiger partial charge < -0.3 is 10.2 Å². The smallest absolute Gasteiger partial charge is 0.176 e. The number of hydrogen-bond acceptors (Lipinski definition) is 5. The monoisotopic (exact) mass is 242 g/mol. The zero-order valence-electron chi connectivity index (χ0n) is 8.34. The Morgan fingerprint density at radius 3 is 2.75 bits per heavy atom. The summed E-state index contributed by atoms with van der Waals surface area (Å²) < 4.78 is 13.2. The highest BCUT2D eigenvalue weighted by Gasteiger charge is 2.19. The summed E-state index contributed by atoms with van der Waals surface area (Å²) in [5, 5.41) is 27.6. The molecule has 16 heavy (non-hydrogen) atoms. The number of aliphatic hydroxyl groups excluding tert-OH is 2. The van der Waals surface area contributed by atoms with Gasteiger partial charge in [-0.2, -0.15) is 17.9 Å². The third kappa shape index (κ3) is 2.92. The summed E-state index contributed by atoms with van der Waals surface area (Å²) in [6, 6.07) is 2.57. The van der Waals surface area contributed by atoms with Crippen LogP contribution >= 0.6 is 12.6 Å². The number of nitriles is 1. The minimum atomic E-state index is -1.22. The van der Waals surface area contributed by atoms with Crippen molar-refractivity contribution in [1.29, 1.82) is 5.26 Å². The van der Waals surface area contributed by atoms with E-state index in [0.29, 0.717) is 5.75 Å². The zero-order chi connectivity index (χ0) is 12.1. The second-order valence-corrected chi connectivity index (χ2v) is 3.68. The molecule has 0 spiro atoms. The third-order valence-corrected chi connectivity index (χ3v) is 2.36. The van der Waals surface area contributed by atoms with Crippen molar-refractivity contribution in [3.8, 4) is 6.07 Å². The fraction of sp³-hybridized carbons (Fsp3) is 0.400. The second kappa shape index (κ2) is 5.80. The molecule has 1 rings (SSSR count). The fourth-order valence-electron chi connectivity index (χ4n) is 1.21. The highest BCUT2D eigenvalue weighted by molar-refractivity contribution is 7.80.